The second kappa shape index (κ2) is 14.7. The molecule has 2 fully saturated rings. The predicted octanol–water partition coefficient (Wildman–Crippen LogP) is 6.68. The quantitative estimate of drug-likeness (QED) is 0.143. The maximum absolute atomic E-state index is 13.1. The number of benzene rings is 1. The molecule has 0 aromatic heterocycles. The van der Waals surface area contributed by atoms with Gasteiger partial charge in [0.2, 0.25) is 0 Å². The van der Waals surface area contributed by atoms with Gasteiger partial charge in [0, 0.05) is 38.3 Å². The van der Waals surface area contributed by atoms with Gasteiger partial charge in [-0.2, -0.15) is 0 Å². The van der Waals surface area contributed by atoms with E-state index in [9.17, 15) is 9.59 Å². The molecule has 1 aromatic rings. The van der Waals surface area contributed by atoms with E-state index in [0.717, 1.165) is 42.6 Å². The zero-order chi connectivity index (χ0) is 28.4. The first kappa shape index (κ1) is 31.0. The van der Waals surface area contributed by atoms with Gasteiger partial charge in [-0.25, -0.2) is 4.79 Å². The highest BCUT2D eigenvalue weighted by molar-refractivity contribution is 8.13. The number of hydrogen-bond acceptors (Lipinski definition) is 7. The number of rotatable bonds is 14. The Labute approximate surface area is 237 Å². The molecule has 0 saturated carbocycles. The maximum Gasteiger partial charge on any atom is 0.330 e. The van der Waals surface area contributed by atoms with Gasteiger partial charge in [0.1, 0.15) is 11.9 Å². The molecule has 5 atom stereocenters. The van der Waals surface area contributed by atoms with Crippen molar-refractivity contribution in [2.45, 2.75) is 83.0 Å². The number of amides is 1. The summed E-state index contributed by atoms with van der Waals surface area (Å²) in [7, 11) is 3.24. The van der Waals surface area contributed by atoms with Crippen molar-refractivity contribution in [2.75, 3.05) is 20.0 Å². The van der Waals surface area contributed by atoms with Crippen LogP contribution >= 0.6 is 11.8 Å². The molecule has 0 bridgehead atoms. The Kier molecular flexibility index (Phi) is 11.7. The topological polar surface area (TPSA) is 74.3 Å². The van der Waals surface area contributed by atoms with Gasteiger partial charge in [-0.1, -0.05) is 48.5 Å². The highest BCUT2D eigenvalue weighted by Crippen LogP contribution is 2.43. The largest absolute Gasteiger partial charge is 0.497 e. The molecule has 3 rings (SSSR count). The van der Waals surface area contributed by atoms with Crippen molar-refractivity contribution in [1.82, 2.24) is 4.90 Å². The van der Waals surface area contributed by atoms with Crippen LogP contribution in [0.15, 0.2) is 61.2 Å². The van der Waals surface area contributed by atoms with Crippen LogP contribution in [0.5, 0.6) is 5.75 Å². The summed E-state index contributed by atoms with van der Waals surface area (Å²) in [5, 5.41) is -0.0208. The predicted molar refractivity (Wildman–Crippen MR) is 156 cm³/mol. The summed E-state index contributed by atoms with van der Waals surface area (Å²) in [6.07, 6.45) is 8.90. The Balaban J connectivity index is 1.84. The molecule has 214 valence electrons. The van der Waals surface area contributed by atoms with E-state index in [-0.39, 0.29) is 23.4 Å². The third kappa shape index (κ3) is 8.47. The summed E-state index contributed by atoms with van der Waals surface area (Å²) in [4.78, 5) is 27.7. The molecule has 1 aromatic carbocycles. The van der Waals surface area contributed by atoms with Crippen LogP contribution in [0.25, 0.3) is 0 Å². The van der Waals surface area contributed by atoms with Crippen LogP contribution < -0.4 is 4.74 Å². The first-order valence-corrected chi connectivity index (χ1v) is 14.6. The van der Waals surface area contributed by atoms with Crippen molar-refractivity contribution in [3.05, 3.63) is 66.8 Å². The molecule has 0 radical (unpaired) electrons. The standard InChI is InChI=1S/C31H43NO6S/c1-7-9-10-23(4)17-29(33)37-27-18-26(14-11-22(3)8-2)38-31(19-27,36-6)28-21-39-30(34)32(28)20-24-12-15-25(35-5)16-13-24/h7-8,12-13,15-17,22,26-28H,1-2,9-11,14,18-21H2,3-6H3/t22-,26+,27-,28+,31-/m1/s1. The van der Waals surface area contributed by atoms with Crippen LogP contribution in [0.2, 0.25) is 0 Å². The Morgan fingerprint density at radius 3 is 2.67 bits per heavy atom. The van der Waals surface area contributed by atoms with Gasteiger partial charge in [-0.05, 0) is 56.2 Å². The summed E-state index contributed by atoms with van der Waals surface area (Å²) < 4.78 is 24.1. The number of esters is 1. The molecule has 2 heterocycles. The van der Waals surface area contributed by atoms with E-state index in [2.05, 4.69) is 20.1 Å². The van der Waals surface area contributed by atoms with Gasteiger partial charge in [0.05, 0.1) is 19.3 Å². The zero-order valence-electron chi connectivity index (χ0n) is 23.7. The van der Waals surface area contributed by atoms with E-state index in [1.807, 2.05) is 48.2 Å². The highest BCUT2D eigenvalue weighted by Gasteiger charge is 2.54. The zero-order valence-corrected chi connectivity index (χ0v) is 24.5. The minimum absolute atomic E-state index is 0.0208. The number of carbonyl (C=O) groups is 2. The number of allylic oxidation sites excluding steroid dienone is 3. The monoisotopic (exact) mass is 557 g/mol. The van der Waals surface area contributed by atoms with Crippen LogP contribution in [-0.2, 0) is 25.5 Å². The molecule has 2 aliphatic rings. The van der Waals surface area contributed by atoms with Crippen LogP contribution in [-0.4, -0.2) is 60.1 Å². The van der Waals surface area contributed by atoms with E-state index < -0.39 is 11.9 Å². The third-order valence-electron chi connectivity index (χ3n) is 7.48. The molecule has 0 spiro atoms. The smallest absolute Gasteiger partial charge is 0.330 e. The van der Waals surface area contributed by atoms with Crippen molar-refractivity contribution in [3.63, 3.8) is 0 Å². The molecule has 39 heavy (non-hydrogen) atoms. The summed E-state index contributed by atoms with van der Waals surface area (Å²) in [5.41, 5.74) is 1.93. The van der Waals surface area contributed by atoms with Gasteiger partial charge in [0.15, 0.2) is 5.79 Å². The number of thioether (sulfide) groups is 1. The molecule has 2 saturated heterocycles. The minimum atomic E-state index is -1.10. The fourth-order valence-electron chi connectivity index (χ4n) is 5.11. The van der Waals surface area contributed by atoms with Crippen LogP contribution in [0, 0.1) is 5.92 Å². The van der Waals surface area contributed by atoms with Crippen molar-refractivity contribution in [1.29, 1.82) is 0 Å². The summed E-state index contributed by atoms with van der Waals surface area (Å²) >= 11 is 1.27. The number of hydrogen-bond donors (Lipinski definition) is 0. The lowest BCUT2D eigenvalue weighted by Crippen LogP contribution is -2.60. The number of nitrogens with zero attached hydrogens (tertiary/aromatic N) is 1. The molecular weight excluding hydrogens is 514 g/mol. The molecule has 8 heteroatoms. The molecule has 2 aliphatic heterocycles. The molecular formula is C31H43NO6S. The lowest BCUT2D eigenvalue weighted by Gasteiger charge is -2.48. The number of ether oxygens (including phenoxy) is 4. The van der Waals surface area contributed by atoms with E-state index >= 15 is 0 Å². The molecule has 0 N–H and O–H groups in total. The van der Waals surface area contributed by atoms with Gasteiger partial charge in [-0.3, -0.25) is 4.79 Å². The van der Waals surface area contributed by atoms with Crippen molar-refractivity contribution < 1.29 is 28.5 Å². The van der Waals surface area contributed by atoms with Gasteiger partial charge in [0.25, 0.3) is 5.24 Å². The number of carbonyl (C=O) groups excluding carboxylic acids is 2. The Morgan fingerprint density at radius 2 is 2.03 bits per heavy atom. The second-order valence-corrected chi connectivity index (χ2v) is 11.4. The Morgan fingerprint density at radius 1 is 1.28 bits per heavy atom. The summed E-state index contributed by atoms with van der Waals surface area (Å²) in [6, 6.07) is 7.35. The Bertz CT molecular complexity index is 1020. The van der Waals surface area contributed by atoms with Crippen molar-refractivity contribution in [3.8, 4) is 5.75 Å². The van der Waals surface area contributed by atoms with Crippen molar-refractivity contribution in [2.24, 2.45) is 5.92 Å². The first-order chi connectivity index (χ1) is 18.7. The molecule has 0 unspecified atom stereocenters. The minimum Gasteiger partial charge on any atom is -0.497 e. The van der Waals surface area contributed by atoms with Crippen molar-refractivity contribution >= 4 is 23.0 Å². The second-order valence-electron chi connectivity index (χ2n) is 10.4. The van der Waals surface area contributed by atoms with Crippen LogP contribution in [0.3, 0.4) is 0 Å². The fourth-order valence-corrected chi connectivity index (χ4v) is 6.20. The van der Waals surface area contributed by atoms with E-state index in [1.54, 1.807) is 20.3 Å². The van der Waals surface area contributed by atoms with Gasteiger partial charge >= 0.3 is 5.97 Å². The molecule has 0 aliphatic carbocycles. The fraction of sp³-hybridized carbons (Fsp3) is 0.548. The summed E-state index contributed by atoms with van der Waals surface area (Å²) in [6.45, 7) is 12.1. The van der Waals surface area contributed by atoms with E-state index in [1.165, 1.54) is 11.8 Å². The highest BCUT2D eigenvalue weighted by atomic mass is 32.2. The van der Waals surface area contributed by atoms with E-state index in [0.29, 0.717) is 31.1 Å². The van der Waals surface area contributed by atoms with Gasteiger partial charge in [-0.15, -0.1) is 13.2 Å². The Hall–Kier alpha value is -2.55. The first-order valence-electron chi connectivity index (χ1n) is 13.6. The summed E-state index contributed by atoms with van der Waals surface area (Å²) in [5.74, 6) is 0.160. The van der Waals surface area contributed by atoms with Crippen LogP contribution in [0.1, 0.15) is 57.9 Å². The number of methoxy groups -OCH3 is 2. The average Bonchev–Trinajstić information content (AvgIpc) is 3.30. The van der Waals surface area contributed by atoms with Crippen LogP contribution in [0.4, 0.5) is 4.79 Å². The lowest BCUT2D eigenvalue weighted by atomic mass is 9.89. The third-order valence-corrected chi connectivity index (χ3v) is 8.44. The molecule has 7 nitrogen and oxygen atoms in total. The van der Waals surface area contributed by atoms with Gasteiger partial charge < -0.3 is 23.8 Å². The average molecular weight is 558 g/mol. The maximum atomic E-state index is 13.1. The lowest BCUT2D eigenvalue weighted by molar-refractivity contribution is -0.305. The SMILES string of the molecule is C=CCCC(C)=CC(=O)O[C@@H]1C[C@H](CC[C@H](C)C=C)O[C@@](OC)([C@@H]2CSC(=O)N2Cc2ccc(OC)cc2)C1. The normalized spacial score (nSPS) is 26.3. The van der Waals surface area contributed by atoms with E-state index in [4.69, 9.17) is 18.9 Å². The molecule has 1 amide bonds.